The molecule has 2 nitrogen and oxygen atoms in total. The van der Waals surface area contributed by atoms with Crippen molar-refractivity contribution in [2.75, 3.05) is 0 Å². The van der Waals surface area contributed by atoms with Gasteiger partial charge in [0.15, 0.2) is 0 Å². The van der Waals surface area contributed by atoms with Crippen LogP contribution >= 0.6 is 0 Å². The molecule has 0 heterocycles. The molecular weight excluding hydrogens is 320 g/mol. The van der Waals surface area contributed by atoms with Crippen molar-refractivity contribution in [1.82, 2.24) is 0 Å². The Hall–Kier alpha value is -1.31. The maximum Gasteiger partial charge on any atom is 0.310 e. The molecule has 3 atom stereocenters. The lowest BCUT2D eigenvalue weighted by Crippen LogP contribution is -2.45. The second-order valence-corrected chi connectivity index (χ2v) is 9.63. The van der Waals surface area contributed by atoms with E-state index in [4.69, 9.17) is 5.11 Å². The van der Waals surface area contributed by atoms with E-state index in [0.717, 1.165) is 18.8 Å². The van der Waals surface area contributed by atoms with Crippen LogP contribution in [0.2, 0.25) is 0 Å². The lowest BCUT2D eigenvalue weighted by molar-refractivity contribution is -0.139. The van der Waals surface area contributed by atoms with Crippen molar-refractivity contribution in [2.24, 2.45) is 22.7 Å². The number of carboxylic acids is 1. The highest BCUT2D eigenvalue weighted by molar-refractivity contribution is 5.71. The summed E-state index contributed by atoms with van der Waals surface area (Å²) in [4.78, 5) is 10.9. The first-order chi connectivity index (χ1) is 12.1. The molecule has 146 valence electrons. The Morgan fingerprint density at radius 1 is 1.31 bits per heavy atom. The zero-order chi connectivity index (χ0) is 19.5. The molecule has 0 aromatic heterocycles. The van der Waals surface area contributed by atoms with Gasteiger partial charge in [0.1, 0.15) is 0 Å². The van der Waals surface area contributed by atoms with E-state index in [1.807, 2.05) is 6.08 Å². The first kappa shape index (κ1) is 21.0. The van der Waals surface area contributed by atoms with Crippen LogP contribution in [0, 0.1) is 22.7 Å². The summed E-state index contributed by atoms with van der Waals surface area (Å²) in [7, 11) is 0. The number of hydrogen-bond donors (Lipinski definition) is 1. The summed E-state index contributed by atoms with van der Waals surface area (Å²) in [6, 6.07) is 0. The molecule has 1 fully saturated rings. The molecule has 0 saturated heterocycles. The van der Waals surface area contributed by atoms with E-state index in [-0.39, 0.29) is 0 Å². The molecule has 0 aromatic carbocycles. The number of rotatable bonds is 6. The molecule has 0 aromatic rings. The number of fused-ring (bicyclic) bond motifs is 1. The molecule has 26 heavy (non-hydrogen) atoms. The van der Waals surface area contributed by atoms with Crippen LogP contribution in [0.25, 0.3) is 0 Å². The average molecular weight is 359 g/mol. The van der Waals surface area contributed by atoms with E-state index in [2.05, 4.69) is 40.7 Å². The number of allylic oxidation sites excluding steroid dienone is 5. The summed E-state index contributed by atoms with van der Waals surface area (Å²) < 4.78 is 0. The largest absolute Gasteiger partial charge is 0.481 e. The van der Waals surface area contributed by atoms with Gasteiger partial charge in [0.05, 0.1) is 5.92 Å². The van der Waals surface area contributed by atoms with Crippen LogP contribution in [-0.2, 0) is 4.79 Å². The maximum atomic E-state index is 10.9. The number of carboxylic acid groups (broad SMARTS) is 1. The van der Waals surface area contributed by atoms with Gasteiger partial charge in [-0.15, -0.1) is 0 Å². The molecule has 2 heteroatoms. The van der Waals surface area contributed by atoms with Crippen molar-refractivity contribution in [2.45, 2.75) is 86.5 Å². The average Bonchev–Trinajstić information content (AvgIpc) is 2.53. The molecule has 1 saturated carbocycles. The van der Waals surface area contributed by atoms with Crippen LogP contribution in [0.5, 0.6) is 0 Å². The van der Waals surface area contributed by atoms with Gasteiger partial charge in [0, 0.05) is 0 Å². The van der Waals surface area contributed by atoms with Crippen molar-refractivity contribution < 1.29 is 9.90 Å². The van der Waals surface area contributed by atoms with Crippen molar-refractivity contribution >= 4 is 5.97 Å². The molecule has 0 aliphatic heterocycles. The van der Waals surface area contributed by atoms with Gasteiger partial charge in [-0.1, -0.05) is 62.1 Å². The van der Waals surface area contributed by atoms with Gasteiger partial charge in [-0.2, -0.15) is 0 Å². The molecule has 2 rings (SSSR count). The molecule has 0 spiro atoms. The predicted molar refractivity (Wildman–Crippen MR) is 110 cm³/mol. The molecular formula is C24H38O2. The molecule has 2 aliphatic rings. The standard InChI is InChI=1S/C24H38O2/c1-17(9-7-10-19(3)22(25)26)11-13-20-18(2)12-14-21-23(4,5)15-8-16-24(20,21)6/h7,9-10,19,21H,8,11-16H2,1-6H3,(H,25,26). The van der Waals surface area contributed by atoms with Gasteiger partial charge >= 0.3 is 5.97 Å². The van der Waals surface area contributed by atoms with E-state index in [0.29, 0.717) is 10.8 Å². The molecule has 0 amide bonds. The Balaban J connectivity index is 2.09. The van der Waals surface area contributed by atoms with Gasteiger partial charge < -0.3 is 5.11 Å². The zero-order valence-electron chi connectivity index (χ0n) is 17.7. The minimum absolute atomic E-state index is 0.373. The van der Waals surface area contributed by atoms with Crippen LogP contribution in [0.3, 0.4) is 0 Å². The molecule has 1 N–H and O–H groups in total. The molecule has 3 unspecified atom stereocenters. The minimum atomic E-state index is -0.769. The van der Waals surface area contributed by atoms with Crippen LogP contribution in [0.4, 0.5) is 0 Å². The van der Waals surface area contributed by atoms with Gasteiger partial charge in [0.25, 0.3) is 0 Å². The van der Waals surface area contributed by atoms with Crippen molar-refractivity contribution in [3.63, 3.8) is 0 Å². The van der Waals surface area contributed by atoms with E-state index in [1.165, 1.54) is 37.7 Å². The summed E-state index contributed by atoms with van der Waals surface area (Å²) in [5.74, 6) is -0.385. The van der Waals surface area contributed by atoms with E-state index >= 15 is 0 Å². The lowest BCUT2D eigenvalue weighted by atomic mass is 9.50. The number of hydrogen-bond acceptors (Lipinski definition) is 1. The SMILES string of the molecule is CC(=CC=CC(C)C(=O)O)CCC1=C(C)CCC2C(C)(C)CCCC12C. The second kappa shape index (κ2) is 8.15. The number of carbonyl (C=O) groups is 1. The highest BCUT2D eigenvalue weighted by Gasteiger charge is 2.49. The first-order valence-corrected chi connectivity index (χ1v) is 10.3. The summed E-state index contributed by atoms with van der Waals surface area (Å²) in [5.41, 5.74) is 5.51. The van der Waals surface area contributed by atoms with Crippen LogP contribution in [0.1, 0.15) is 86.5 Å². The minimum Gasteiger partial charge on any atom is -0.481 e. The van der Waals surface area contributed by atoms with E-state index < -0.39 is 11.9 Å². The Morgan fingerprint density at radius 2 is 2.00 bits per heavy atom. The van der Waals surface area contributed by atoms with Gasteiger partial charge in [-0.3, -0.25) is 4.79 Å². The lowest BCUT2D eigenvalue weighted by Gasteiger charge is -2.55. The number of aliphatic carboxylic acids is 1. The monoisotopic (exact) mass is 358 g/mol. The highest BCUT2D eigenvalue weighted by atomic mass is 16.4. The molecule has 0 radical (unpaired) electrons. The third kappa shape index (κ3) is 4.50. The summed E-state index contributed by atoms with van der Waals surface area (Å²) >= 11 is 0. The normalized spacial score (nSPS) is 30.4. The van der Waals surface area contributed by atoms with Crippen molar-refractivity contribution in [3.05, 3.63) is 34.9 Å². The second-order valence-electron chi connectivity index (χ2n) is 9.63. The van der Waals surface area contributed by atoms with E-state index in [1.54, 1.807) is 24.1 Å². The summed E-state index contributed by atoms with van der Waals surface area (Å²) in [6.07, 6.45) is 14.6. The topological polar surface area (TPSA) is 37.3 Å². The molecule has 2 aliphatic carbocycles. The quantitative estimate of drug-likeness (QED) is 0.413. The Labute approximate surface area is 160 Å². The third-order valence-electron chi connectivity index (χ3n) is 7.18. The van der Waals surface area contributed by atoms with Crippen molar-refractivity contribution in [3.8, 4) is 0 Å². The highest BCUT2D eigenvalue weighted by Crippen LogP contribution is 2.60. The Morgan fingerprint density at radius 3 is 2.65 bits per heavy atom. The summed E-state index contributed by atoms with van der Waals surface area (Å²) in [5, 5.41) is 8.95. The van der Waals surface area contributed by atoms with Crippen molar-refractivity contribution in [1.29, 1.82) is 0 Å². The fourth-order valence-electron chi connectivity index (χ4n) is 5.57. The van der Waals surface area contributed by atoms with E-state index in [9.17, 15) is 4.79 Å². The zero-order valence-corrected chi connectivity index (χ0v) is 17.7. The Bertz CT molecular complexity index is 620. The fraction of sp³-hybridized carbons (Fsp3) is 0.708. The van der Waals surface area contributed by atoms with Gasteiger partial charge in [-0.25, -0.2) is 0 Å². The predicted octanol–water partition coefficient (Wildman–Crippen LogP) is 6.93. The maximum absolute atomic E-state index is 10.9. The smallest absolute Gasteiger partial charge is 0.310 e. The van der Waals surface area contributed by atoms with Gasteiger partial charge in [-0.05, 0) is 76.0 Å². The first-order valence-electron chi connectivity index (χ1n) is 10.3. The van der Waals surface area contributed by atoms with Crippen LogP contribution in [0.15, 0.2) is 34.9 Å². The van der Waals surface area contributed by atoms with Crippen LogP contribution < -0.4 is 0 Å². The molecule has 0 bridgehead atoms. The third-order valence-corrected chi connectivity index (χ3v) is 7.18. The summed E-state index contributed by atoms with van der Waals surface area (Å²) in [6.45, 7) is 13.7. The Kier molecular flexibility index (Phi) is 6.58. The fourth-order valence-corrected chi connectivity index (χ4v) is 5.57. The van der Waals surface area contributed by atoms with Gasteiger partial charge in [0.2, 0.25) is 0 Å². The van der Waals surface area contributed by atoms with Crippen LogP contribution in [-0.4, -0.2) is 11.1 Å².